The highest BCUT2D eigenvalue weighted by molar-refractivity contribution is 5.31. The van der Waals surface area contributed by atoms with Crippen LogP contribution in [-0.2, 0) is 12.8 Å². The van der Waals surface area contributed by atoms with E-state index in [2.05, 4.69) is 43.1 Å². The summed E-state index contributed by atoms with van der Waals surface area (Å²) >= 11 is 0. The lowest BCUT2D eigenvalue weighted by Gasteiger charge is -2.16. The standard InChI is InChI=1S/C16H20N2/c1-3-13-11-18-9-8-15(13)16(17)10-14-7-5-4-6-12(14)2/h4-9,11,16H,3,10,17H2,1-2H3. The van der Waals surface area contributed by atoms with E-state index in [1.807, 2.05) is 18.5 Å². The molecule has 0 spiro atoms. The first-order valence-electron chi connectivity index (χ1n) is 6.45. The van der Waals surface area contributed by atoms with E-state index >= 15 is 0 Å². The molecule has 2 heteroatoms. The zero-order chi connectivity index (χ0) is 13.0. The quantitative estimate of drug-likeness (QED) is 0.891. The first-order chi connectivity index (χ1) is 8.72. The van der Waals surface area contributed by atoms with Crippen LogP contribution in [0.2, 0.25) is 0 Å². The van der Waals surface area contributed by atoms with Crippen LogP contribution in [0.15, 0.2) is 42.7 Å². The highest BCUT2D eigenvalue weighted by Crippen LogP contribution is 2.21. The number of aromatic nitrogens is 1. The predicted octanol–water partition coefficient (Wildman–Crippen LogP) is 3.19. The number of benzene rings is 1. The molecule has 1 aromatic carbocycles. The van der Waals surface area contributed by atoms with Crippen LogP contribution in [0.4, 0.5) is 0 Å². The maximum Gasteiger partial charge on any atom is 0.0339 e. The summed E-state index contributed by atoms with van der Waals surface area (Å²) in [6.45, 7) is 4.27. The second kappa shape index (κ2) is 5.78. The topological polar surface area (TPSA) is 38.9 Å². The smallest absolute Gasteiger partial charge is 0.0339 e. The molecular weight excluding hydrogens is 220 g/mol. The monoisotopic (exact) mass is 240 g/mol. The summed E-state index contributed by atoms with van der Waals surface area (Å²) in [5, 5.41) is 0. The van der Waals surface area contributed by atoms with Crippen molar-refractivity contribution in [1.29, 1.82) is 0 Å². The molecule has 18 heavy (non-hydrogen) atoms. The van der Waals surface area contributed by atoms with Crippen LogP contribution in [-0.4, -0.2) is 4.98 Å². The van der Waals surface area contributed by atoms with Crippen LogP contribution in [0, 0.1) is 6.92 Å². The average Bonchev–Trinajstić information content (AvgIpc) is 2.41. The van der Waals surface area contributed by atoms with Gasteiger partial charge in [0.05, 0.1) is 0 Å². The Morgan fingerprint density at radius 3 is 2.67 bits per heavy atom. The Hall–Kier alpha value is -1.67. The second-order valence-corrected chi connectivity index (χ2v) is 4.67. The fourth-order valence-electron chi connectivity index (χ4n) is 2.28. The van der Waals surface area contributed by atoms with E-state index in [0.29, 0.717) is 0 Å². The molecule has 0 aliphatic heterocycles. The molecule has 0 aliphatic rings. The van der Waals surface area contributed by atoms with Crippen LogP contribution < -0.4 is 5.73 Å². The molecule has 0 radical (unpaired) electrons. The lowest BCUT2D eigenvalue weighted by atomic mass is 9.94. The summed E-state index contributed by atoms with van der Waals surface area (Å²) in [6, 6.07) is 10.5. The van der Waals surface area contributed by atoms with Crippen molar-refractivity contribution in [2.75, 3.05) is 0 Å². The van der Waals surface area contributed by atoms with E-state index in [1.165, 1.54) is 22.3 Å². The molecule has 0 saturated heterocycles. The second-order valence-electron chi connectivity index (χ2n) is 4.67. The van der Waals surface area contributed by atoms with E-state index in [9.17, 15) is 0 Å². The van der Waals surface area contributed by atoms with Crippen LogP contribution in [0.1, 0.15) is 35.2 Å². The van der Waals surface area contributed by atoms with E-state index in [4.69, 9.17) is 5.73 Å². The molecule has 1 unspecified atom stereocenters. The van der Waals surface area contributed by atoms with Gasteiger partial charge in [0, 0.05) is 18.4 Å². The highest BCUT2D eigenvalue weighted by atomic mass is 14.7. The molecule has 2 nitrogen and oxygen atoms in total. The lowest BCUT2D eigenvalue weighted by Crippen LogP contribution is -2.16. The predicted molar refractivity (Wildman–Crippen MR) is 75.4 cm³/mol. The van der Waals surface area contributed by atoms with Gasteiger partial charge in [-0.2, -0.15) is 0 Å². The number of aryl methyl sites for hydroxylation is 2. The van der Waals surface area contributed by atoms with E-state index < -0.39 is 0 Å². The van der Waals surface area contributed by atoms with Gasteiger partial charge in [-0.05, 0) is 48.1 Å². The van der Waals surface area contributed by atoms with Gasteiger partial charge in [-0.3, -0.25) is 4.98 Å². The highest BCUT2D eigenvalue weighted by Gasteiger charge is 2.11. The van der Waals surface area contributed by atoms with Crippen molar-refractivity contribution in [3.63, 3.8) is 0 Å². The molecule has 2 aromatic rings. The van der Waals surface area contributed by atoms with Gasteiger partial charge in [0.15, 0.2) is 0 Å². The molecule has 2 N–H and O–H groups in total. The van der Waals surface area contributed by atoms with Crippen molar-refractivity contribution < 1.29 is 0 Å². The Balaban J connectivity index is 2.22. The maximum atomic E-state index is 6.34. The molecular formula is C16H20N2. The van der Waals surface area contributed by atoms with Gasteiger partial charge in [0.1, 0.15) is 0 Å². The normalized spacial score (nSPS) is 12.4. The number of rotatable bonds is 4. The third-order valence-corrected chi connectivity index (χ3v) is 3.42. The van der Waals surface area contributed by atoms with Crippen molar-refractivity contribution in [3.8, 4) is 0 Å². The van der Waals surface area contributed by atoms with E-state index in [-0.39, 0.29) is 6.04 Å². The molecule has 0 fully saturated rings. The van der Waals surface area contributed by atoms with Gasteiger partial charge in [-0.1, -0.05) is 31.2 Å². The SMILES string of the molecule is CCc1cnccc1C(N)Cc1ccccc1C. The summed E-state index contributed by atoms with van der Waals surface area (Å²) < 4.78 is 0. The van der Waals surface area contributed by atoms with Crippen molar-refractivity contribution in [2.24, 2.45) is 5.73 Å². The third-order valence-electron chi connectivity index (χ3n) is 3.42. The van der Waals surface area contributed by atoms with Crippen LogP contribution >= 0.6 is 0 Å². The molecule has 0 saturated carbocycles. The molecule has 0 amide bonds. The minimum absolute atomic E-state index is 0.0454. The number of pyridine rings is 1. The summed E-state index contributed by atoms with van der Waals surface area (Å²) in [5.74, 6) is 0. The molecule has 2 rings (SSSR count). The minimum atomic E-state index is 0.0454. The number of nitrogens with zero attached hydrogens (tertiary/aromatic N) is 1. The zero-order valence-corrected chi connectivity index (χ0v) is 11.1. The van der Waals surface area contributed by atoms with Gasteiger partial charge in [0.2, 0.25) is 0 Å². The molecule has 1 atom stereocenters. The van der Waals surface area contributed by atoms with Crippen LogP contribution in [0.3, 0.4) is 0 Å². The number of hydrogen-bond donors (Lipinski definition) is 1. The summed E-state index contributed by atoms with van der Waals surface area (Å²) in [5.41, 5.74) is 11.4. The Morgan fingerprint density at radius 2 is 1.94 bits per heavy atom. The zero-order valence-electron chi connectivity index (χ0n) is 11.1. The first kappa shape index (κ1) is 12.8. The Morgan fingerprint density at radius 1 is 1.17 bits per heavy atom. The minimum Gasteiger partial charge on any atom is -0.324 e. The van der Waals surface area contributed by atoms with Crippen LogP contribution in [0.25, 0.3) is 0 Å². The van der Waals surface area contributed by atoms with Crippen molar-refractivity contribution >= 4 is 0 Å². The van der Waals surface area contributed by atoms with Gasteiger partial charge in [-0.15, -0.1) is 0 Å². The first-order valence-corrected chi connectivity index (χ1v) is 6.45. The average molecular weight is 240 g/mol. The summed E-state index contributed by atoms with van der Waals surface area (Å²) in [7, 11) is 0. The Labute approximate surface area is 109 Å². The third kappa shape index (κ3) is 2.77. The maximum absolute atomic E-state index is 6.34. The number of hydrogen-bond acceptors (Lipinski definition) is 2. The largest absolute Gasteiger partial charge is 0.324 e. The Bertz CT molecular complexity index is 520. The van der Waals surface area contributed by atoms with Crippen molar-refractivity contribution in [1.82, 2.24) is 4.98 Å². The van der Waals surface area contributed by atoms with Gasteiger partial charge < -0.3 is 5.73 Å². The Kier molecular flexibility index (Phi) is 4.11. The van der Waals surface area contributed by atoms with E-state index in [1.54, 1.807) is 0 Å². The molecule has 0 bridgehead atoms. The summed E-state index contributed by atoms with van der Waals surface area (Å²) in [6.07, 6.45) is 5.60. The lowest BCUT2D eigenvalue weighted by molar-refractivity contribution is 0.707. The van der Waals surface area contributed by atoms with Crippen molar-refractivity contribution in [2.45, 2.75) is 32.7 Å². The van der Waals surface area contributed by atoms with Gasteiger partial charge >= 0.3 is 0 Å². The molecule has 1 heterocycles. The van der Waals surface area contributed by atoms with E-state index in [0.717, 1.165) is 12.8 Å². The van der Waals surface area contributed by atoms with Gasteiger partial charge in [-0.25, -0.2) is 0 Å². The molecule has 0 aliphatic carbocycles. The fraction of sp³-hybridized carbons (Fsp3) is 0.312. The molecule has 94 valence electrons. The fourth-order valence-corrected chi connectivity index (χ4v) is 2.28. The summed E-state index contributed by atoms with van der Waals surface area (Å²) in [4.78, 5) is 4.17. The molecule has 1 aromatic heterocycles. The van der Waals surface area contributed by atoms with Gasteiger partial charge in [0.25, 0.3) is 0 Å². The number of nitrogens with two attached hydrogens (primary N) is 1. The van der Waals surface area contributed by atoms with Crippen molar-refractivity contribution in [3.05, 3.63) is 65.0 Å². The van der Waals surface area contributed by atoms with Crippen LogP contribution in [0.5, 0.6) is 0 Å².